The number of halogens is 3. The number of ether oxygens (including phenoxy) is 1. The summed E-state index contributed by atoms with van der Waals surface area (Å²) >= 11 is 0. The van der Waals surface area contributed by atoms with Crippen LogP contribution >= 0.6 is 0 Å². The zero-order valence-electron chi connectivity index (χ0n) is 11.8. The second-order valence-electron chi connectivity index (χ2n) is 4.56. The van der Waals surface area contributed by atoms with E-state index < -0.39 is 29.5 Å². The molecule has 0 saturated heterocycles. The summed E-state index contributed by atoms with van der Waals surface area (Å²) in [5.74, 6) is -2.94. The Kier molecular flexibility index (Phi) is 5.04. The van der Waals surface area contributed by atoms with Gasteiger partial charge in [0.05, 0.1) is 5.69 Å². The second kappa shape index (κ2) is 6.98. The Balaban J connectivity index is 2.10. The van der Waals surface area contributed by atoms with Crippen LogP contribution in [0.2, 0.25) is 0 Å². The fourth-order valence-corrected chi connectivity index (χ4v) is 1.82. The molecule has 0 aliphatic carbocycles. The molecule has 3 nitrogen and oxygen atoms in total. The van der Waals surface area contributed by atoms with Crippen molar-refractivity contribution >= 4 is 11.6 Å². The third-order valence-electron chi connectivity index (χ3n) is 2.96. The minimum absolute atomic E-state index is 0.0657. The summed E-state index contributed by atoms with van der Waals surface area (Å²) in [6.07, 6.45) is -0.746. The van der Waals surface area contributed by atoms with E-state index in [1.807, 2.05) is 0 Å². The van der Waals surface area contributed by atoms with Crippen molar-refractivity contribution in [3.63, 3.8) is 0 Å². The van der Waals surface area contributed by atoms with Crippen LogP contribution in [-0.4, -0.2) is 12.0 Å². The van der Waals surface area contributed by atoms with E-state index in [1.54, 1.807) is 13.0 Å². The highest BCUT2D eigenvalue weighted by Crippen LogP contribution is 2.20. The average Bonchev–Trinajstić information content (AvgIpc) is 2.49. The SMILES string of the molecule is CCC(Oc1ccccc1F)C(=O)Nc1ccc(F)cc1F. The molecule has 116 valence electrons. The van der Waals surface area contributed by atoms with Crippen LogP contribution in [0.3, 0.4) is 0 Å². The molecule has 0 saturated carbocycles. The second-order valence-corrected chi connectivity index (χ2v) is 4.56. The maximum absolute atomic E-state index is 13.5. The Bertz CT molecular complexity index is 676. The zero-order valence-corrected chi connectivity index (χ0v) is 11.8. The predicted molar refractivity (Wildman–Crippen MR) is 76.1 cm³/mol. The van der Waals surface area contributed by atoms with Crippen LogP contribution in [0.5, 0.6) is 5.75 Å². The minimum Gasteiger partial charge on any atom is -0.478 e. The summed E-state index contributed by atoms with van der Waals surface area (Å²) in [6, 6.07) is 8.47. The molecule has 1 unspecified atom stereocenters. The van der Waals surface area contributed by atoms with Crippen molar-refractivity contribution in [3.05, 3.63) is 59.9 Å². The van der Waals surface area contributed by atoms with Gasteiger partial charge in [-0.25, -0.2) is 13.2 Å². The first kappa shape index (κ1) is 15.9. The van der Waals surface area contributed by atoms with E-state index in [1.165, 1.54) is 18.2 Å². The number of rotatable bonds is 5. The summed E-state index contributed by atoms with van der Waals surface area (Å²) in [5.41, 5.74) is -0.165. The van der Waals surface area contributed by atoms with E-state index >= 15 is 0 Å². The van der Waals surface area contributed by atoms with Gasteiger partial charge in [-0.15, -0.1) is 0 Å². The topological polar surface area (TPSA) is 38.3 Å². The lowest BCUT2D eigenvalue weighted by atomic mass is 10.2. The van der Waals surface area contributed by atoms with Gasteiger partial charge in [0.15, 0.2) is 17.7 Å². The molecule has 1 atom stereocenters. The molecule has 0 bridgehead atoms. The quantitative estimate of drug-likeness (QED) is 0.909. The molecular weight excluding hydrogens is 295 g/mol. The summed E-state index contributed by atoms with van der Waals surface area (Å²) in [4.78, 5) is 12.1. The highest BCUT2D eigenvalue weighted by atomic mass is 19.1. The smallest absolute Gasteiger partial charge is 0.265 e. The minimum atomic E-state index is -0.999. The number of hydrogen-bond donors (Lipinski definition) is 1. The van der Waals surface area contributed by atoms with E-state index in [2.05, 4.69) is 5.32 Å². The van der Waals surface area contributed by atoms with E-state index in [9.17, 15) is 18.0 Å². The number of para-hydroxylation sites is 1. The van der Waals surface area contributed by atoms with E-state index in [4.69, 9.17) is 4.74 Å². The van der Waals surface area contributed by atoms with Crippen LogP contribution in [0, 0.1) is 17.5 Å². The van der Waals surface area contributed by atoms with Crippen molar-refractivity contribution in [3.8, 4) is 5.75 Å². The molecule has 0 radical (unpaired) electrons. The number of carbonyl (C=O) groups excluding carboxylic acids is 1. The Hall–Kier alpha value is -2.50. The van der Waals surface area contributed by atoms with Gasteiger partial charge in [-0.2, -0.15) is 0 Å². The molecule has 2 aromatic carbocycles. The normalized spacial score (nSPS) is 11.8. The largest absolute Gasteiger partial charge is 0.478 e. The molecule has 0 aromatic heterocycles. The monoisotopic (exact) mass is 309 g/mol. The Morgan fingerprint density at radius 3 is 2.50 bits per heavy atom. The summed E-state index contributed by atoms with van der Waals surface area (Å²) in [5, 5.41) is 2.30. The summed E-state index contributed by atoms with van der Waals surface area (Å²) in [6.45, 7) is 1.67. The van der Waals surface area contributed by atoms with Gasteiger partial charge >= 0.3 is 0 Å². The van der Waals surface area contributed by atoms with Crippen LogP contribution in [-0.2, 0) is 4.79 Å². The van der Waals surface area contributed by atoms with Crippen molar-refractivity contribution in [2.45, 2.75) is 19.4 Å². The molecule has 0 aliphatic heterocycles. The van der Waals surface area contributed by atoms with Crippen LogP contribution in [0.25, 0.3) is 0 Å². The van der Waals surface area contributed by atoms with E-state index in [-0.39, 0.29) is 17.9 Å². The number of benzene rings is 2. The molecule has 2 rings (SSSR count). The van der Waals surface area contributed by atoms with Gasteiger partial charge in [-0.1, -0.05) is 19.1 Å². The molecule has 1 N–H and O–H groups in total. The van der Waals surface area contributed by atoms with Crippen LogP contribution in [0.4, 0.5) is 18.9 Å². The van der Waals surface area contributed by atoms with E-state index in [0.29, 0.717) is 6.07 Å². The number of hydrogen-bond acceptors (Lipinski definition) is 2. The summed E-state index contributed by atoms with van der Waals surface area (Å²) in [7, 11) is 0. The third kappa shape index (κ3) is 3.78. The van der Waals surface area contributed by atoms with Gasteiger partial charge < -0.3 is 10.1 Å². The van der Waals surface area contributed by atoms with Crippen LogP contribution in [0.15, 0.2) is 42.5 Å². The first-order valence-corrected chi connectivity index (χ1v) is 6.68. The van der Waals surface area contributed by atoms with E-state index in [0.717, 1.165) is 12.1 Å². The Labute approximate surface area is 125 Å². The molecule has 6 heteroatoms. The van der Waals surface area contributed by atoms with Gasteiger partial charge in [0.25, 0.3) is 5.91 Å². The van der Waals surface area contributed by atoms with Crippen LogP contribution < -0.4 is 10.1 Å². The lowest BCUT2D eigenvalue weighted by Gasteiger charge is -2.17. The number of nitrogens with one attached hydrogen (secondary N) is 1. The number of carbonyl (C=O) groups is 1. The fraction of sp³-hybridized carbons (Fsp3) is 0.188. The molecule has 0 heterocycles. The Morgan fingerprint density at radius 1 is 1.14 bits per heavy atom. The maximum atomic E-state index is 13.5. The molecule has 0 fully saturated rings. The first-order valence-electron chi connectivity index (χ1n) is 6.68. The lowest BCUT2D eigenvalue weighted by Crippen LogP contribution is -2.32. The first-order chi connectivity index (χ1) is 10.5. The van der Waals surface area contributed by atoms with Crippen LogP contribution in [0.1, 0.15) is 13.3 Å². The average molecular weight is 309 g/mol. The number of amides is 1. The van der Waals surface area contributed by atoms with Crippen molar-refractivity contribution in [2.75, 3.05) is 5.32 Å². The third-order valence-corrected chi connectivity index (χ3v) is 2.96. The highest BCUT2D eigenvalue weighted by molar-refractivity contribution is 5.94. The lowest BCUT2D eigenvalue weighted by molar-refractivity contribution is -0.122. The van der Waals surface area contributed by atoms with Gasteiger partial charge in [-0.05, 0) is 30.7 Å². The molecule has 1 amide bonds. The predicted octanol–water partition coefficient (Wildman–Crippen LogP) is 3.90. The molecule has 22 heavy (non-hydrogen) atoms. The molecular formula is C16H14F3NO2. The summed E-state index contributed by atoms with van der Waals surface area (Å²) < 4.78 is 45.2. The van der Waals surface area contributed by atoms with Crippen molar-refractivity contribution in [1.82, 2.24) is 0 Å². The van der Waals surface area contributed by atoms with Gasteiger partial charge in [0.2, 0.25) is 0 Å². The molecule has 0 spiro atoms. The maximum Gasteiger partial charge on any atom is 0.265 e. The van der Waals surface area contributed by atoms with Gasteiger partial charge in [-0.3, -0.25) is 4.79 Å². The van der Waals surface area contributed by atoms with Crippen molar-refractivity contribution < 1.29 is 22.7 Å². The van der Waals surface area contributed by atoms with Crippen molar-refractivity contribution in [1.29, 1.82) is 0 Å². The fourth-order valence-electron chi connectivity index (χ4n) is 1.82. The molecule has 2 aromatic rings. The molecule has 0 aliphatic rings. The Morgan fingerprint density at radius 2 is 1.86 bits per heavy atom. The standard InChI is InChI=1S/C16H14F3NO2/c1-2-14(22-15-6-4-3-5-11(15)18)16(21)20-13-8-7-10(17)9-12(13)19/h3-9,14H,2H2,1H3,(H,20,21). The number of anilines is 1. The van der Waals surface area contributed by atoms with Gasteiger partial charge in [0.1, 0.15) is 11.6 Å². The zero-order chi connectivity index (χ0) is 16.1. The van der Waals surface area contributed by atoms with Gasteiger partial charge in [0, 0.05) is 6.07 Å². The highest BCUT2D eigenvalue weighted by Gasteiger charge is 2.21. The van der Waals surface area contributed by atoms with Crippen molar-refractivity contribution in [2.24, 2.45) is 0 Å².